The maximum absolute atomic E-state index is 12.2. The topological polar surface area (TPSA) is 54.5 Å². The summed E-state index contributed by atoms with van der Waals surface area (Å²) in [5.41, 5.74) is 1.06. The lowest BCUT2D eigenvalue weighted by Crippen LogP contribution is -2.51. The van der Waals surface area contributed by atoms with Crippen LogP contribution in [-0.4, -0.2) is 47.6 Å². The highest BCUT2D eigenvalue weighted by atomic mass is 32.1. The van der Waals surface area contributed by atoms with Crippen molar-refractivity contribution in [1.82, 2.24) is 9.88 Å². The number of anilines is 1. The van der Waals surface area contributed by atoms with Gasteiger partial charge in [-0.2, -0.15) is 0 Å². The van der Waals surface area contributed by atoms with Crippen LogP contribution in [0.1, 0.15) is 37.3 Å². The van der Waals surface area contributed by atoms with Crippen molar-refractivity contribution < 1.29 is 9.53 Å². The van der Waals surface area contributed by atoms with Gasteiger partial charge in [0.2, 0.25) is 5.91 Å². The standard InChI is InChI=1S/C15H23N3O2S/c1-3-15(2)10-18(7-8-20-15)9-13(19)17-14-16-11-5-4-6-12(11)21-14/h3-10H2,1-2H3,(H,16,17,19)/t15-/m0/s1. The van der Waals surface area contributed by atoms with E-state index in [1.54, 1.807) is 11.3 Å². The SMILES string of the molecule is CC[C@@]1(C)CN(CC(=O)Nc2nc3c(s2)CCC3)CCO1. The average Bonchev–Trinajstić information content (AvgIpc) is 2.99. The number of aryl methyl sites for hydroxylation is 2. The highest BCUT2D eigenvalue weighted by molar-refractivity contribution is 7.15. The summed E-state index contributed by atoms with van der Waals surface area (Å²) >= 11 is 1.63. The molecule has 1 aromatic rings. The lowest BCUT2D eigenvalue weighted by atomic mass is 10.0. The van der Waals surface area contributed by atoms with Gasteiger partial charge < -0.3 is 10.1 Å². The molecule has 1 aromatic heterocycles. The van der Waals surface area contributed by atoms with Crippen molar-refractivity contribution in [3.05, 3.63) is 10.6 Å². The first-order chi connectivity index (χ1) is 10.1. The zero-order valence-corrected chi connectivity index (χ0v) is 13.6. The van der Waals surface area contributed by atoms with Crippen LogP contribution in [0.5, 0.6) is 0 Å². The van der Waals surface area contributed by atoms with Gasteiger partial charge in [-0.25, -0.2) is 4.98 Å². The van der Waals surface area contributed by atoms with E-state index < -0.39 is 0 Å². The van der Waals surface area contributed by atoms with E-state index in [4.69, 9.17) is 4.74 Å². The van der Waals surface area contributed by atoms with E-state index >= 15 is 0 Å². The summed E-state index contributed by atoms with van der Waals surface area (Å²) in [6, 6.07) is 0. The number of nitrogens with one attached hydrogen (secondary N) is 1. The molecule has 116 valence electrons. The highest BCUT2D eigenvalue weighted by Gasteiger charge is 2.31. The number of fused-ring (bicyclic) bond motifs is 1. The van der Waals surface area contributed by atoms with Crippen molar-refractivity contribution in [2.45, 2.75) is 45.1 Å². The second kappa shape index (κ2) is 6.02. The van der Waals surface area contributed by atoms with Gasteiger partial charge in [0.05, 0.1) is 24.4 Å². The lowest BCUT2D eigenvalue weighted by molar-refractivity contribution is -0.125. The maximum atomic E-state index is 12.2. The fourth-order valence-corrected chi connectivity index (χ4v) is 4.04. The number of morpholine rings is 1. The highest BCUT2D eigenvalue weighted by Crippen LogP contribution is 2.30. The van der Waals surface area contributed by atoms with Gasteiger partial charge >= 0.3 is 0 Å². The summed E-state index contributed by atoms with van der Waals surface area (Å²) in [6.07, 6.45) is 4.33. The van der Waals surface area contributed by atoms with Gasteiger partial charge in [0.15, 0.2) is 5.13 Å². The average molecular weight is 309 g/mol. The number of amides is 1. The molecule has 1 saturated heterocycles. The zero-order chi connectivity index (χ0) is 14.9. The molecule has 1 atom stereocenters. The number of thiazole rings is 1. The second-order valence-corrected chi connectivity index (χ2v) is 7.24. The van der Waals surface area contributed by atoms with Crippen LogP contribution >= 0.6 is 11.3 Å². The van der Waals surface area contributed by atoms with Gasteiger partial charge in [-0.3, -0.25) is 9.69 Å². The normalized spacial score (nSPS) is 25.8. The van der Waals surface area contributed by atoms with E-state index in [-0.39, 0.29) is 11.5 Å². The third kappa shape index (κ3) is 3.44. The molecule has 1 aliphatic carbocycles. The third-order valence-corrected chi connectivity index (χ3v) is 5.45. The predicted octanol–water partition coefficient (Wildman–Crippen LogP) is 2.07. The van der Waals surface area contributed by atoms with Gasteiger partial charge in [-0.05, 0) is 32.6 Å². The summed E-state index contributed by atoms with van der Waals surface area (Å²) in [5.74, 6) is 0.0303. The van der Waals surface area contributed by atoms with E-state index in [1.807, 2.05) is 0 Å². The maximum Gasteiger partial charge on any atom is 0.240 e. The van der Waals surface area contributed by atoms with Crippen LogP contribution in [0.3, 0.4) is 0 Å². The van der Waals surface area contributed by atoms with Crippen LogP contribution in [0.2, 0.25) is 0 Å². The molecule has 21 heavy (non-hydrogen) atoms. The molecule has 0 aromatic carbocycles. The molecule has 0 unspecified atom stereocenters. The molecule has 0 spiro atoms. The Morgan fingerprint density at radius 3 is 3.14 bits per heavy atom. The third-order valence-electron chi connectivity index (χ3n) is 4.37. The summed E-state index contributed by atoms with van der Waals surface area (Å²) < 4.78 is 5.80. The summed E-state index contributed by atoms with van der Waals surface area (Å²) in [7, 11) is 0. The molecule has 0 saturated carbocycles. The fraction of sp³-hybridized carbons (Fsp3) is 0.733. The van der Waals surface area contributed by atoms with Gasteiger partial charge in [-0.15, -0.1) is 11.3 Å². The Bertz CT molecular complexity index is 509. The Morgan fingerprint density at radius 2 is 2.38 bits per heavy atom. The number of hydrogen-bond acceptors (Lipinski definition) is 5. The summed E-state index contributed by atoms with van der Waals surface area (Å²) in [6.45, 7) is 6.98. The molecule has 0 radical (unpaired) electrons. The van der Waals surface area contributed by atoms with Gasteiger partial charge in [0, 0.05) is 18.0 Å². The molecule has 0 bridgehead atoms. The number of nitrogens with zero attached hydrogens (tertiary/aromatic N) is 2. The van der Waals surface area contributed by atoms with Crippen LogP contribution in [0, 0.1) is 0 Å². The molecular formula is C15H23N3O2S. The van der Waals surface area contributed by atoms with E-state index in [0.29, 0.717) is 13.2 Å². The minimum Gasteiger partial charge on any atom is -0.373 e. The van der Waals surface area contributed by atoms with E-state index in [0.717, 1.165) is 37.5 Å². The van der Waals surface area contributed by atoms with Crippen molar-refractivity contribution in [2.75, 3.05) is 31.6 Å². The zero-order valence-electron chi connectivity index (χ0n) is 12.8. The molecule has 2 aliphatic rings. The Morgan fingerprint density at radius 1 is 1.52 bits per heavy atom. The van der Waals surface area contributed by atoms with Gasteiger partial charge in [0.25, 0.3) is 0 Å². The Kier molecular flexibility index (Phi) is 4.28. The summed E-state index contributed by atoms with van der Waals surface area (Å²) in [5, 5.41) is 3.71. The number of ether oxygens (including phenoxy) is 1. The smallest absolute Gasteiger partial charge is 0.240 e. The molecule has 6 heteroatoms. The van der Waals surface area contributed by atoms with Crippen LogP contribution in [0.25, 0.3) is 0 Å². The molecular weight excluding hydrogens is 286 g/mol. The first kappa shape index (κ1) is 14.9. The monoisotopic (exact) mass is 309 g/mol. The lowest BCUT2D eigenvalue weighted by Gasteiger charge is -2.39. The molecule has 3 rings (SSSR count). The minimum atomic E-state index is -0.124. The van der Waals surface area contributed by atoms with Crippen molar-refractivity contribution >= 4 is 22.4 Å². The largest absolute Gasteiger partial charge is 0.373 e. The first-order valence-electron chi connectivity index (χ1n) is 7.73. The first-order valence-corrected chi connectivity index (χ1v) is 8.54. The van der Waals surface area contributed by atoms with Crippen molar-refractivity contribution in [3.8, 4) is 0 Å². The summed E-state index contributed by atoms with van der Waals surface area (Å²) in [4.78, 5) is 20.2. The second-order valence-electron chi connectivity index (χ2n) is 6.15. The van der Waals surface area contributed by atoms with Crippen molar-refractivity contribution in [3.63, 3.8) is 0 Å². The molecule has 1 N–H and O–H groups in total. The van der Waals surface area contributed by atoms with Crippen LogP contribution in [0.4, 0.5) is 5.13 Å². The van der Waals surface area contributed by atoms with Crippen LogP contribution in [0.15, 0.2) is 0 Å². The number of aromatic nitrogens is 1. The molecule has 1 fully saturated rings. The van der Waals surface area contributed by atoms with Crippen LogP contribution in [-0.2, 0) is 22.4 Å². The molecule has 1 amide bonds. The van der Waals surface area contributed by atoms with E-state index in [2.05, 4.69) is 29.0 Å². The van der Waals surface area contributed by atoms with Crippen molar-refractivity contribution in [2.24, 2.45) is 0 Å². The fourth-order valence-electron chi connectivity index (χ4n) is 2.97. The van der Waals surface area contributed by atoms with E-state index in [9.17, 15) is 4.79 Å². The number of carbonyl (C=O) groups is 1. The Labute approximate surface area is 129 Å². The quantitative estimate of drug-likeness (QED) is 0.925. The molecule has 5 nitrogen and oxygen atoms in total. The van der Waals surface area contributed by atoms with Crippen molar-refractivity contribution in [1.29, 1.82) is 0 Å². The minimum absolute atomic E-state index is 0.0303. The van der Waals surface area contributed by atoms with Gasteiger partial charge in [-0.1, -0.05) is 6.92 Å². The van der Waals surface area contributed by atoms with E-state index in [1.165, 1.54) is 17.0 Å². The number of carbonyl (C=O) groups excluding carboxylic acids is 1. The molecule has 2 heterocycles. The Balaban J connectivity index is 1.54. The Hall–Kier alpha value is -0.980. The van der Waals surface area contributed by atoms with Gasteiger partial charge in [0.1, 0.15) is 0 Å². The number of hydrogen-bond donors (Lipinski definition) is 1. The predicted molar refractivity (Wildman–Crippen MR) is 83.9 cm³/mol. The van der Waals surface area contributed by atoms with Crippen LogP contribution < -0.4 is 5.32 Å². The number of rotatable bonds is 4. The molecule has 1 aliphatic heterocycles.